The zero-order valence-corrected chi connectivity index (χ0v) is 20.6. The normalized spacial score (nSPS) is 27.5. The molecule has 2 saturated heterocycles. The highest BCUT2D eigenvalue weighted by Crippen LogP contribution is 2.38. The summed E-state index contributed by atoms with van der Waals surface area (Å²) in [5, 5.41) is 0. The van der Waals surface area contributed by atoms with Crippen LogP contribution >= 0.6 is 0 Å². The molecule has 1 aliphatic carbocycles. The summed E-state index contributed by atoms with van der Waals surface area (Å²) in [4.78, 5) is 30.2. The highest BCUT2D eigenvalue weighted by Gasteiger charge is 2.58. The lowest BCUT2D eigenvalue weighted by Gasteiger charge is -2.54. The van der Waals surface area contributed by atoms with Crippen LogP contribution in [-0.2, 0) is 28.5 Å². The van der Waals surface area contributed by atoms with Gasteiger partial charge < -0.3 is 18.9 Å². The minimum Gasteiger partial charge on any atom is -0.466 e. The summed E-state index contributed by atoms with van der Waals surface area (Å²) in [5.74, 6) is -1.77. The van der Waals surface area contributed by atoms with Crippen LogP contribution < -0.4 is 0 Å². The third-order valence-electron chi connectivity index (χ3n) is 6.50. The lowest BCUT2D eigenvalue weighted by Crippen LogP contribution is -2.74. The van der Waals surface area contributed by atoms with E-state index in [1.165, 1.54) is 0 Å². The third kappa shape index (κ3) is 5.82. The van der Waals surface area contributed by atoms with E-state index >= 15 is 0 Å². The van der Waals surface area contributed by atoms with Gasteiger partial charge in [0.15, 0.2) is 0 Å². The van der Waals surface area contributed by atoms with Crippen molar-refractivity contribution < 1.29 is 28.5 Å². The van der Waals surface area contributed by atoms with Crippen LogP contribution in [0.1, 0.15) is 73.1 Å². The molecule has 32 heavy (non-hydrogen) atoms. The first-order valence-corrected chi connectivity index (χ1v) is 12.4. The van der Waals surface area contributed by atoms with Crippen molar-refractivity contribution in [1.29, 1.82) is 0 Å². The van der Waals surface area contributed by atoms with Crippen molar-refractivity contribution in [3.8, 4) is 0 Å². The number of ether oxygens (including phenoxy) is 4. The molecular weight excluding hydrogens is 412 g/mol. The van der Waals surface area contributed by atoms with Crippen LogP contribution in [0.5, 0.6) is 0 Å². The van der Waals surface area contributed by atoms with Gasteiger partial charge >= 0.3 is 11.9 Å². The fourth-order valence-electron chi connectivity index (χ4n) is 4.96. The molecule has 184 valence electrons. The zero-order valence-electron chi connectivity index (χ0n) is 20.6. The second kappa shape index (κ2) is 10.8. The molecule has 0 aromatic heterocycles. The molecular formula is C24H42N2O6. The number of likely N-dealkylation sites (tertiary alicyclic amines) is 2. The van der Waals surface area contributed by atoms with Crippen LogP contribution in [0.3, 0.4) is 0 Å². The first-order chi connectivity index (χ1) is 15.2. The Kier molecular flexibility index (Phi) is 8.58. The van der Waals surface area contributed by atoms with Gasteiger partial charge in [0, 0.05) is 32.8 Å². The summed E-state index contributed by atoms with van der Waals surface area (Å²) in [6, 6.07) is 0. The van der Waals surface area contributed by atoms with Crippen LogP contribution in [0, 0.1) is 5.92 Å². The summed E-state index contributed by atoms with van der Waals surface area (Å²) in [7, 11) is 0. The van der Waals surface area contributed by atoms with Gasteiger partial charge in [-0.3, -0.25) is 9.69 Å². The minimum absolute atomic E-state index is 0.0798. The lowest BCUT2D eigenvalue weighted by atomic mass is 9.87. The monoisotopic (exact) mass is 454 g/mol. The van der Waals surface area contributed by atoms with Crippen molar-refractivity contribution in [3.05, 3.63) is 0 Å². The molecule has 1 unspecified atom stereocenters. The van der Waals surface area contributed by atoms with E-state index in [0.29, 0.717) is 26.3 Å². The van der Waals surface area contributed by atoms with Gasteiger partial charge in [0.05, 0.1) is 24.7 Å². The van der Waals surface area contributed by atoms with Crippen molar-refractivity contribution in [2.45, 2.75) is 96.8 Å². The van der Waals surface area contributed by atoms with E-state index in [-0.39, 0.29) is 30.1 Å². The number of carbonyl (C=O) groups excluding carboxylic acids is 2. The lowest BCUT2D eigenvalue weighted by molar-refractivity contribution is -0.300. The summed E-state index contributed by atoms with van der Waals surface area (Å²) in [6.45, 7) is 13.4. The Bertz CT molecular complexity index is 631. The Balaban J connectivity index is 1.79. The van der Waals surface area contributed by atoms with Gasteiger partial charge in [-0.05, 0) is 73.1 Å². The van der Waals surface area contributed by atoms with E-state index < -0.39 is 11.4 Å². The molecule has 2 heterocycles. The Morgan fingerprint density at radius 1 is 0.875 bits per heavy atom. The van der Waals surface area contributed by atoms with Gasteiger partial charge in [-0.15, -0.1) is 0 Å². The molecule has 2 aliphatic heterocycles. The molecule has 1 saturated carbocycles. The van der Waals surface area contributed by atoms with Crippen LogP contribution in [0.15, 0.2) is 0 Å². The van der Waals surface area contributed by atoms with Crippen molar-refractivity contribution >= 4 is 11.9 Å². The second-order valence-electron chi connectivity index (χ2n) is 10.1. The fraction of sp³-hybridized carbons (Fsp3) is 0.917. The predicted molar refractivity (Wildman–Crippen MR) is 120 cm³/mol. The van der Waals surface area contributed by atoms with Gasteiger partial charge in [0.25, 0.3) is 5.85 Å². The molecule has 8 heteroatoms. The molecule has 3 fully saturated rings. The number of carbonyl (C=O) groups is 2. The predicted octanol–water partition coefficient (Wildman–Crippen LogP) is 2.94. The summed E-state index contributed by atoms with van der Waals surface area (Å²) in [5.41, 5.74) is -0.614. The van der Waals surface area contributed by atoms with E-state index in [1.807, 2.05) is 34.6 Å². The topological polar surface area (TPSA) is 77.5 Å². The van der Waals surface area contributed by atoms with Gasteiger partial charge in [-0.2, -0.15) is 0 Å². The molecule has 0 aromatic carbocycles. The van der Waals surface area contributed by atoms with E-state index in [2.05, 4.69) is 9.80 Å². The van der Waals surface area contributed by atoms with Crippen molar-refractivity contribution in [1.82, 2.24) is 9.80 Å². The Morgan fingerprint density at radius 3 is 2.03 bits per heavy atom. The SMILES string of the molecule is CCOC(=O)[C@H]1CC[C@H](OC(C(=O)OC(C)(C)C)(N2CCCC2)N2CC(OCC)C2)CC1. The first kappa shape index (κ1) is 25.4. The van der Waals surface area contributed by atoms with Crippen molar-refractivity contribution in [2.75, 3.05) is 39.4 Å². The fourth-order valence-corrected chi connectivity index (χ4v) is 4.96. The first-order valence-electron chi connectivity index (χ1n) is 12.4. The smallest absolute Gasteiger partial charge is 0.371 e. The zero-order chi connectivity index (χ0) is 23.4. The van der Waals surface area contributed by atoms with Crippen LogP contribution in [0.2, 0.25) is 0 Å². The minimum atomic E-state index is -1.24. The molecule has 0 spiro atoms. The molecule has 0 aromatic rings. The molecule has 3 rings (SSSR count). The maximum atomic E-state index is 13.8. The summed E-state index contributed by atoms with van der Waals surface area (Å²) in [6.07, 6.45) is 4.95. The van der Waals surface area contributed by atoms with E-state index in [0.717, 1.165) is 51.6 Å². The number of hydrogen-bond acceptors (Lipinski definition) is 8. The van der Waals surface area contributed by atoms with Gasteiger partial charge in [0.1, 0.15) is 5.60 Å². The maximum Gasteiger partial charge on any atom is 0.371 e. The highest BCUT2D eigenvalue weighted by molar-refractivity contribution is 5.79. The maximum absolute atomic E-state index is 13.8. The molecule has 0 radical (unpaired) electrons. The quantitative estimate of drug-likeness (QED) is 0.492. The molecule has 0 bridgehead atoms. The number of rotatable bonds is 9. The van der Waals surface area contributed by atoms with Gasteiger partial charge in [-0.1, -0.05) is 0 Å². The van der Waals surface area contributed by atoms with Crippen molar-refractivity contribution in [3.63, 3.8) is 0 Å². The summed E-state index contributed by atoms with van der Waals surface area (Å²) < 4.78 is 23.7. The summed E-state index contributed by atoms with van der Waals surface area (Å²) >= 11 is 0. The Morgan fingerprint density at radius 2 is 1.50 bits per heavy atom. The second-order valence-corrected chi connectivity index (χ2v) is 10.1. The molecule has 8 nitrogen and oxygen atoms in total. The average Bonchev–Trinajstić information content (AvgIpc) is 3.23. The van der Waals surface area contributed by atoms with Gasteiger partial charge in [0.2, 0.25) is 0 Å². The van der Waals surface area contributed by atoms with Crippen molar-refractivity contribution in [2.24, 2.45) is 5.92 Å². The molecule has 3 aliphatic rings. The van der Waals surface area contributed by atoms with Crippen LogP contribution in [0.25, 0.3) is 0 Å². The number of hydrogen-bond donors (Lipinski definition) is 0. The third-order valence-corrected chi connectivity index (χ3v) is 6.50. The molecule has 1 atom stereocenters. The molecule has 0 amide bonds. The number of nitrogens with zero attached hydrogens (tertiary/aromatic N) is 2. The van der Waals surface area contributed by atoms with E-state index in [1.54, 1.807) is 0 Å². The van der Waals surface area contributed by atoms with E-state index in [9.17, 15) is 9.59 Å². The molecule has 0 N–H and O–H groups in total. The standard InChI is InChI=1S/C24H42N2O6/c1-6-29-20-16-26(17-20)24(25-14-8-9-15-25,22(28)32-23(3,4)5)31-19-12-10-18(11-13-19)21(27)30-7-2/h18-20H,6-17H2,1-5H3/t18-,19-,24?. The Hall–Kier alpha value is -1.22. The van der Waals surface area contributed by atoms with Crippen LogP contribution in [0.4, 0.5) is 0 Å². The number of esters is 2. The average molecular weight is 455 g/mol. The van der Waals surface area contributed by atoms with Crippen LogP contribution in [-0.4, -0.2) is 84.8 Å². The van der Waals surface area contributed by atoms with E-state index in [4.69, 9.17) is 18.9 Å². The largest absolute Gasteiger partial charge is 0.466 e. The Labute approximate surface area is 192 Å². The highest BCUT2D eigenvalue weighted by atomic mass is 16.6. The van der Waals surface area contributed by atoms with Gasteiger partial charge in [-0.25, -0.2) is 9.69 Å².